The van der Waals surface area contributed by atoms with E-state index in [1.165, 1.54) is 6.92 Å². The van der Waals surface area contributed by atoms with E-state index in [2.05, 4.69) is 19.6 Å². The number of hydrogen-bond acceptors (Lipinski definition) is 3. The number of carbonyl (C=O) groups is 1. The summed E-state index contributed by atoms with van der Waals surface area (Å²) in [6.07, 6.45) is -0.181. The van der Waals surface area contributed by atoms with Gasteiger partial charge in [-0.15, -0.1) is 0 Å². The Morgan fingerprint density at radius 1 is 1.15 bits per heavy atom. The summed E-state index contributed by atoms with van der Waals surface area (Å²) >= 11 is 0. The highest BCUT2D eigenvalue weighted by Crippen LogP contribution is 2.11. The molecule has 0 aromatic heterocycles. The fourth-order valence-electron chi connectivity index (χ4n) is 1.01. The summed E-state index contributed by atoms with van der Waals surface area (Å²) < 4.78 is 10.8. The van der Waals surface area contributed by atoms with E-state index in [9.17, 15) is 4.79 Å². The lowest BCUT2D eigenvalue weighted by molar-refractivity contribution is -0.149. The van der Waals surface area contributed by atoms with Crippen LogP contribution in [0.1, 0.15) is 20.8 Å². The first-order chi connectivity index (χ1) is 5.72. The molecule has 0 aliphatic rings. The second-order valence-corrected chi connectivity index (χ2v) is 8.71. The Kier molecular flexibility index (Phi) is 4.63. The van der Waals surface area contributed by atoms with Crippen molar-refractivity contribution in [1.29, 1.82) is 0 Å². The maximum absolute atomic E-state index is 10.7. The lowest BCUT2D eigenvalue weighted by Crippen LogP contribution is -2.37. The van der Waals surface area contributed by atoms with E-state index in [1.54, 1.807) is 0 Å². The number of rotatable bonds is 4. The number of hydrogen-bond donors (Lipinski definition) is 0. The summed E-state index contributed by atoms with van der Waals surface area (Å²) in [6, 6.07) is 0. The zero-order chi connectivity index (χ0) is 10.6. The van der Waals surface area contributed by atoms with Crippen molar-refractivity contribution in [2.75, 3.05) is 0 Å². The molecule has 0 saturated heterocycles. The SMILES string of the molecule is CC(=O)OC(C)C(C)O[Si](C)(C)C. The maximum Gasteiger partial charge on any atom is 0.302 e. The fourth-order valence-corrected chi connectivity index (χ4v) is 2.32. The van der Waals surface area contributed by atoms with Crippen LogP contribution in [0.5, 0.6) is 0 Å². The van der Waals surface area contributed by atoms with Gasteiger partial charge in [-0.25, -0.2) is 0 Å². The smallest absolute Gasteiger partial charge is 0.302 e. The lowest BCUT2D eigenvalue weighted by Gasteiger charge is -2.27. The third kappa shape index (κ3) is 6.78. The molecule has 0 fully saturated rings. The Morgan fingerprint density at radius 3 is 1.92 bits per heavy atom. The summed E-state index contributed by atoms with van der Waals surface area (Å²) in [7, 11) is -1.53. The van der Waals surface area contributed by atoms with Crippen LogP contribution in [0.3, 0.4) is 0 Å². The zero-order valence-electron chi connectivity index (χ0n) is 9.38. The molecule has 0 amide bonds. The average Bonchev–Trinajstić information content (AvgIpc) is 1.81. The molecule has 2 atom stereocenters. The average molecular weight is 204 g/mol. The molecular formula is C9H20O3Si. The molecule has 13 heavy (non-hydrogen) atoms. The first-order valence-corrected chi connectivity index (χ1v) is 7.98. The molecule has 3 nitrogen and oxygen atoms in total. The molecule has 0 saturated carbocycles. The molecule has 0 radical (unpaired) electrons. The Hall–Kier alpha value is -0.353. The molecule has 0 spiro atoms. The number of esters is 1. The van der Waals surface area contributed by atoms with Crippen LogP contribution in [0.15, 0.2) is 0 Å². The van der Waals surface area contributed by atoms with Gasteiger partial charge in [-0.1, -0.05) is 0 Å². The molecule has 0 bridgehead atoms. The molecule has 0 N–H and O–H groups in total. The van der Waals surface area contributed by atoms with Crippen LogP contribution in [0.4, 0.5) is 0 Å². The van der Waals surface area contributed by atoms with Gasteiger partial charge in [0.15, 0.2) is 8.32 Å². The molecule has 78 valence electrons. The van der Waals surface area contributed by atoms with Crippen LogP contribution >= 0.6 is 0 Å². The van der Waals surface area contributed by atoms with Gasteiger partial charge in [-0.05, 0) is 33.5 Å². The highest BCUT2D eigenvalue weighted by Gasteiger charge is 2.23. The summed E-state index contributed by atoms with van der Waals surface area (Å²) in [5, 5.41) is 0. The van der Waals surface area contributed by atoms with E-state index in [4.69, 9.17) is 9.16 Å². The Balaban J connectivity index is 3.96. The van der Waals surface area contributed by atoms with Crippen LogP contribution < -0.4 is 0 Å². The second-order valence-electron chi connectivity index (χ2n) is 4.25. The molecule has 2 unspecified atom stereocenters. The highest BCUT2D eigenvalue weighted by atomic mass is 28.4. The molecule has 0 heterocycles. The summed E-state index contributed by atoms with van der Waals surface area (Å²) in [5.41, 5.74) is 0. The molecule has 4 heteroatoms. The van der Waals surface area contributed by atoms with Crippen molar-refractivity contribution in [3.8, 4) is 0 Å². The predicted octanol–water partition coefficient (Wildman–Crippen LogP) is 2.18. The van der Waals surface area contributed by atoms with E-state index in [-0.39, 0.29) is 18.2 Å². The third-order valence-corrected chi connectivity index (χ3v) is 2.63. The summed E-state index contributed by atoms with van der Waals surface area (Å²) in [4.78, 5) is 10.7. The van der Waals surface area contributed by atoms with E-state index in [0.717, 1.165) is 0 Å². The van der Waals surface area contributed by atoms with Gasteiger partial charge in [0.2, 0.25) is 0 Å². The van der Waals surface area contributed by atoms with Crippen molar-refractivity contribution in [2.24, 2.45) is 0 Å². The molecule has 0 aliphatic carbocycles. The highest BCUT2D eigenvalue weighted by molar-refractivity contribution is 6.69. The lowest BCUT2D eigenvalue weighted by atomic mass is 10.3. The Morgan fingerprint density at radius 2 is 1.62 bits per heavy atom. The van der Waals surface area contributed by atoms with Crippen molar-refractivity contribution >= 4 is 14.3 Å². The van der Waals surface area contributed by atoms with Crippen LogP contribution in [-0.2, 0) is 14.0 Å². The normalized spacial score (nSPS) is 16.5. The number of carbonyl (C=O) groups excluding carboxylic acids is 1. The Bertz CT molecular complexity index is 174. The van der Waals surface area contributed by atoms with Gasteiger partial charge < -0.3 is 9.16 Å². The molecule has 0 aromatic carbocycles. The topological polar surface area (TPSA) is 35.5 Å². The first kappa shape index (κ1) is 12.6. The summed E-state index contributed by atoms with van der Waals surface area (Å²) in [6.45, 7) is 11.5. The van der Waals surface area contributed by atoms with E-state index < -0.39 is 8.32 Å². The first-order valence-electron chi connectivity index (χ1n) is 4.57. The molecular weight excluding hydrogens is 184 g/mol. The quantitative estimate of drug-likeness (QED) is 0.520. The van der Waals surface area contributed by atoms with Gasteiger partial charge in [0.05, 0.1) is 6.10 Å². The summed E-state index contributed by atoms with van der Waals surface area (Å²) in [5.74, 6) is -0.251. The van der Waals surface area contributed by atoms with Crippen LogP contribution in [0, 0.1) is 0 Å². The van der Waals surface area contributed by atoms with E-state index >= 15 is 0 Å². The molecule has 0 aromatic rings. The standard InChI is InChI=1S/C9H20O3Si/c1-7(11-9(3)10)8(2)12-13(4,5)6/h7-8H,1-6H3. The maximum atomic E-state index is 10.7. The van der Waals surface area contributed by atoms with E-state index in [1.807, 2.05) is 13.8 Å². The monoisotopic (exact) mass is 204 g/mol. The van der Waals surface area contributed by atoms with Gasteiger partial charge in [0.25, 0.3) is 0 Å². The molecule has 0 rings (SSSR count). The second kappa shape index (κ2) is 4.76. The van der Waals surface area contributed by atoms with Crippen molar-refractivity contribution < 1.29 is 14.0 Å². The minimum Gasteiger partial charge on any atom is -0.460 e. The van der Waals surface area contributed by atoms with Crippen molar-refractivity contribution in [3.05, 3.63) is 0 Å². The minimum absolute atomic E-state index is 0.0180. The largest absolute Gasteiger partial charge is 0.460 e. The van der Waals surface area contributed by atoms with Crippen LogP contribution in [-0.4, -0.2) is 26.5 Å². The zero-order valence-corrected chi connectivity index (χ0v) is 10.4. The van der Waals surface area contributed by atoms with Gasteiger partial charge in [0, 0.05) is 6.92 Å². The Labute approximate surface area is 81.6 Å². The van der Waals surface area contributed by atoms with Gasteiger partial charge in [-0.3, -0.25) is 4.79 Å². The van der Waals surface area contributed by atoms with Crippen LogP contribution in [0.25, 0.3) is 0 Å². The van der Waals surface area contributed by atoms with Gasteiger partial charge in [0.1, 0.15) is 6.10 Å². The van der Waals surface area contributed by atoms with Crippen molar-refractivity contribution in [2.45, 2.75) is 52.6 Å². The minimum atomic E-state index is -1.53. The predicted molar refractivity (Wildman–Crippen MR) is 55.1 cm³/mol. The van der Waals surface area contributed by atoms with Crippen molar-refractivity contribution in [3.63, 3.8) is 0 Å². The van der Waals surface area contributed by atoms with Crippen LogP contribution in [0.2, 0.25) is 19.6 Å². The van der Waals surface area contributed by atoms with Gasteiger partial charge in [-0.2, -0.15) is 0 Å². The van der Waals surface area contributed by atoms with Gasteiger partial charge >= 0.3 is 5.97 Å². The van der Waals surface area contributed by atoms with Crippen molar-refractivity contribution in [1.82, 2.24) is 0 Å². The third-order valence-electron chi connectivity index (χ3n) is 1.55. The molecule has 0 aliphatic heterocycles. The fraction of sp³-hybridized carbons (Fsp3) is 0.889. The number of ether oxygens (including phenoxy) is 1. The van der Waals surface area contributed by atoms with E-state index in [0.29, 0.717) is 0 Å².